The third-order valence-corrected chi connectivity index (χ3v) is 11.2. The van der Waals surface area contributed by atoms with Crippen molar-refractivity contribution in [3.8, 4) is 10.6 Å². The molecule has 0 aliphatic heterocycles. The maximum Gasteiger partial charge on any atom is 0.123 e. The van der Waals surface area contributed by atoms with E-state index in [-0.39, 0.29) is 12.4 Å². The van der Waals surface area contributed by atoms with Gasteiger partial charge in [-0.25, -0.2) is 4.98 Å². The van der Waals surface area contributed by atoms with Crippen LogP contribution < -0.4 is 28.3 Å². The van der Waals surface area contributed by atoms with Gasteiger partial charge in [0.25, 0.3) is 0 Å². The molecule has 0 fully saturated rings. The summed E-state index contributed by atoms with van der Waals surface area (Å²) in [5.74, 6) is 0. The van der Waals surface area contributed by atoms with Crippen LogP contribution in [0.2, 0.25) is 5.02 Å². The molecule has 0 bridgehead atoms. The minimum absolute atomic E-state index is 0. The lowest BCUT2D eigenvalue weighted by atomic mass is 10.2. The molecule has 5 aromatic rings. The van der Waals surface area contributed by atoms with Gasteiger partial charge in [-0.15, -0.1) is 11.3 Å². The minimum atomic E-state index is -1.94. The van der Waals surface area contributed by atoms with Crippen LogP contribution in [0.25, 0.3) is 10.6 Å². The average Bonchev–Trinajstić information content (AvgIpc) is 3.33. The molecule has 1 nitrogen and oxygen atoms in total. The largest absolute Gasteiger partial charge is 1.00 e. The van der Waals surface area contributed by atoms with E-state index in [4.69, 9.17) is 16.6 Å². The van der Waals surface area contributed by atoms with Crippen molar-refractivity contribution < 1.29 is 12.4 Å². The van der Waals surface area contributed by atoms with E-state index in [1.165, 1.54) is 15.9 Å². The van der Waals surface area contributed by atoms with E-state index in [1.807, 2.05) is 24.3 Å². The summed E-state index contributed by atoms with van der Waals surface area (Å²) in [4.78, 5) is 5.07. The van der Waals surface area contributed by atoms with Gasteiger partial charge < -0.3 is 12.4 Å². The van der Waals surface area contributed by atoms with E-state index < -0.39 is 7.26 Å². The van der Waals surface area contributed by atoms with Crippen molar-refractivity contribution in [3.05, 3.63) is 131 Å². The molecule has 5 heteroatoms. The predicted octanol–water partition coefficient (Wildman–Crippen LogP) is 3.96. The van der Waals surface area contributed by atoms with Gasteiger partial charge in [-0.3, -0.25) is 0 Å². The molecule has 0 aliphatic carbocycles. The highest BCUT2D eigenvalue weighted by Crippen LogP contribution is 2.58. The zero-order valence-corrected chi connectivity index (χ0v) is 21.0. The minimum Gasteiger partial charge on any atom is -1.00 e. The first kappa shape index (κ1) is 23.7. The molecule has 164 valence electrons. The second-order valence-electron chi connectivity index (χ2n) is 7.63. The van der Waals surface area contributed by atoms with E-state index in [1.54, 1.807) is 11.3 Å². The molecule has 0 saturated heterocycles. The highest BCUT2D eigenvalue weighted by Gasteiger charge is 2.46. The van der Waals surface area contributed by atoms with Crippen molar-refractivity contribution in [1.29, 1.82) is 0 Å². The fraction of sp³-hybridized carbons (Fsp3) is 0.0357. The SMILES string of the molecule is Clc1ccc(-c2nc(C[P+](c3ccccc3)(c3ccccc3)c3ccccc3)cs2)cc1.[Cl-]. The lowest BCUT2D eigenvalue weighted by Gasteiger charge is -2.27. The van der Waals surface area contributed by atoms with Crippen LogP contribution in [0.3, 0.4) is 0 Å². The third kappa shape index (κ3) is 4.90. The molecule has 0 saturated carbocycles. The van der Waals surface area contributed by atoms with Crippen LogP contribution in [-0.2, 0) is 6.16 Å². The summed E-state index contributed by atoms with van der Waals surface area (Å²) < 4.78 is 0. The average molecular weight is 506 g/mol. The van der Waals surface area contributed by atoms with Crippen LogP contribution in [0.1, 0.15) is 5.69 Å². The first-order valence-electron chi connectivity index (χ1n) is 10.5. The molecule has 33 heavy (non-hydrogen) atoms. The molecule has 0 N–H and O–H groups in total. The number of hydrogen-bond donors (Lipinski definition) is 0. The summed E-state index contributed by atoms with van der Waals surface area (Å²) in [6.45, 7) is 0. The van der Waals surface area contributed by atoms with Gasteiger partial charge in [0, 0.05) is 16.0 Å². The van der Waals surface area contributed by atoms with Crippen molar-refractivity contribution >= 4 is 46.1 Å². The molecule has 0 amide bonds. The van der Waals surface area contributed by atoms with Crippen LogP contribution in [0.5, 0.6) is 0 Å². The molecule has 1 heterocycles. The summed E-state index contributed by atoms with van der Waals surface area (Å²) in [6, 6.07) is 40.8. The van der Waals surface area contributed by atoms with E-state index in [2.05, 4.69) is 96.4 Å². The third-order valence-electron chi connectivity index (χ3n) is 5.63. The Kier molecular flexibility index (Phi) is 7.63. The zero-order chi connectivity index (χ0) is 21.8. The summed E-state index contributed by atoms with van der Waals surface area (Å²) in [6.07, 6.45) is 0.884. The summed E-state index contributed by atoms with van der Waals surface area (Å²) in [7, 11) is -1.94. The maximum atomic E-state index is 6.08. The Hall–Kier alpha value is -2.48. The maximum absolute atomic E-state index is 6.08. The number of thiazole rings is 1. The zero-order valence-electron chi connectivity index (χ0n) is 17.8. The molecule has 0 unspecified atom stereocenters. The number of hydrogen-bond acceptors (Lipinski definition) is 2. The molecule has 0 radical (unpaired) electrons. The van der Waals surface area contributed by atoms with Crippen LogP contribution >= 0.6 is 30.2 Å². The monoisotopic (exact) mass is 505 g/mol. The van der Waals surface area contributed by atoms with Gasteiger partial charge >= 0.3 is 0 Å². The van der Waals surface area contributed by atoms with Crippen LogP contribution in [0.4, 0.5) is 0 Å². The molecule has 0 atom stereocenters. The first-order chi connectivity index (χ1) is 15.8. The number of benzene rings is 4. The van der Waals surface area contributed by atoms with E-state index in [0.29, 0.717) is 0 Å². The molecular weight excluding hydrogens is 484 g/mol. The van der Waals surface area contributed by atoms with Crippen molar-refractivity contribution in [3.63, 3.8) is 0 Å². The number of halogens is 2. The lowest BCUT2D eigenvalue weighted by molar-refractivity contribution is -0.00000609. The topological polar surface area (TPSA) is 12.9 Å². The number of aromatic nitrogens is 1. The standard InChI is InChI=1S/C28H22ClNPS.ClH/c29-23-18-16-22(17-19-23)28-30-24(21-32-28)20-31(25-10-4-1-5-11-25,26-12-6-2-7-13-26)27-14-8-3-9-15-27;/h1-19,21H,20H2;1H/q+1;/p-1. The molecule has 0 aliphatic rings. The predicted molar refractivity (Wildman–Crippen MR) is 141 cm³/mol. The smallest absolute Gasteiger partial charge is 0.123 e. The molecule has 0 spiro atoms. The normalized spacial score (nSPS) is 11.1. The quantitative estimate of drug-likeness (QED) is 0.318. The van der Waals surface area contributed by atoms with Gasteiger partial charge in [0.1, 0.15) is 34.3 Å². The summed E-state index contributed by atoms with van der Waals surface area (Å²) in [5.41, 5.74) is 2.23. The Morgan fingerprint density at radius 2 is 1.09 bits per heavy atom. The fourth-order valence-electron chi connectivity index (χ4n) is 4.12. The Morgan fingerprint density at radius 1 is 0.636 bits per heavy atom. The summed E-state index contributed by atoms with van der Waals surface area (Å²) >= 11 is 7.78. The Morgan fingerprint density at radius 3 is 1.55 bits per heavy atom. The van der Waals surface area contributed by atoms with E-state index in [0.717, 1.165) is 27.4 Å². The molecular formula is C28H22Cl2NPS. The molecule has 5 rings (SSSR count). The van der Waals surface area contributed by atoms with Gasteiger partial charge in [-0.05, 0) is 48.5 Å². The van der Waals surface area contributed by atoms with Gasteiger partial charge in [0.2, 0.25) is 0 Å². The highest BCUT2D eigenvalue weighted by atomic mass is 35.5. The van der Waals surface area contributed by atoms with Crippen molar-refractivity contribution in [2.75, 3.05) is 0 Å². The van der Waals surface area contributed by atoms with Crippen LogP contribution in [0, 0.1) is 0 Å². The number of nitrogens with zero attached hydrogens (tertiary/aromatic N) is 1. The second kappa shape index (κ2) is 10.6. The van der Waals surface area contributed by atoms with E-state index in [9.17, 15) is 0 Å². The van der Waals surface area contributed by atoms with Gasteiger partial charge in [-0.2, -0.15) is 0 Å². The Balaban J connectivity index is 0.00000259. The van der Waals surface area contributed by atoms with Crippen LogP contribution in [0.15, 0.2) is 121 Å². The Labute approximate surface area is 210 Å². The summed E-state index contributed by atoms with van der Waals surface area (Å²) in [5, 5.41) is 8.11. The molecule has 1 aromatic heterocycles. The first-order valence-corrected chi connectivity index (χ1v) is 13.7. The van der Waals surface area contributed by atoms with Crippen molar-refractivity contribution in [1.82, 2.24) is 4.98 Å². The van der Waals surface area contributed by atoms with Gasteiger partial charge in [-0.1, -0.05) is 78.3 Å². The van der Waals surface area contributed by atoms with Gasteiger partial charge in [0.15, 0.2) is 0 Å². The van der Waals surface area contributed by atoms with Crippen molar-refractivity contribution in [2.45, 2.75) is 6.16 Å². The number of rotatable bonds is 6. The lowest BCUT2D eigenvalue weighted by Crippen LogP contribution is -3.00. The van der Waals surface area contributed by atoms with E-state index >= 15 is 0 Å². The second-order valence-corrected chi connectivity index (χ2v) is 12.4. The van der Waals surface area contributed by atoms with Crippen molar-refractivity contribution in [2.24, 2.45) is 0 Å². The Bertz CT molecular complexity index is 1190. The highest BCUT2D eigenvalue weighted by molar-refractivity contribution is 7.95. The van der Waals surface area contributed by atoms with Crippen LogP contribution in [-0.4, -0.2) is 4.98 Å². The van der Waals surface area contributed by atoms with Gasteiger partial charge in [0.05, 0.1) is 5.69 Å². The molecule has 4 aromatic carbocycles. The fourth-order valence-corrected chi connectivity index (χ4v) is 9.32.